The number of carbonyl (C=O) groups is 1. The van der Waals surface area contributed by atoms with Crippen molar-refractivity contribution in [3.63, 3.8) is 0 Å². The molecule has 3 rings (SSSR count). The lowest BCUT2D eigenvalue weighted by Crippen LogP contribution is -2.31. The number of amides is 1. The number of nitrogens with zero attached hydrogens (tertiary/aromatic N) is 1. The smallest absolute Gasteiger partial charge is 0.220 e. The Kier molecular flexibility index (Phi) is 3.92. The second kappa shape index (κ2) is 5.83. The molecule has 20 heavy (non-hydrogen) atoms. The molecule has 0 aromatic heterocycles. The molecular formula is C16H23N3O. The number of carbonyl (C=O) groups excluding carboxylic acids is 1. The number of hydrogen-bond donors (Lipinski definition) is 2. The van der Waals surface area contributed by atoms with E-state index in [0.717, 1.165) is 26.2 Å². The Labute approximate surface area is 120 Å². The van der Waals surface area contributed by atoms with E-state index in [1.807, 2.05) is 12.1 Å². The maximum absolute atomic E-state index is 12.1. The van der Waals surface area contributed by atoms with Crippen molar-refractivity contribution in [3.8, 4) is 0 Å². The lowest BCUT2D eigenvalue weighted by atomic mass is 9.97. The maximum Gasteiger partial charge on any atom is 0.220 e. The van der Waals surface area contributed by atoms with Crippen LogP contribution >= 0.6 is 0 Å². The van der Waals surface area contributed by atoms with Gasteiger partial charge in [0.1, 0.15) is 0 Å². The number of para-hydroxylation sites is 1. The molecule has 0 radical (unpaired) electrons. The van der Waals surface area contributed by atoms with E-state index in [9.17, 15) is 4.79 Å². The summed E-state index contributed by atoms with van der Waals surface area (Å²) in [5.41, 5.74) is 2.46. The summed E-state index contributed by atoms with van der Waals surface area (Å²) in [6, 6.07) is 8.29. The summed E-state index contributed by atoms with van der Waals surface area (Å²) in [6.07, 6.45) is 1.79. The average molecular weight is 273 g/mol. The van der Waals surface area contributed by atoms with E-state index in [2.05, 4.69) is 34.7 Å². The van der Waals surface area contributed by atoms with Gasteiger partial charge in [-0.25, -0.2) is 0 Å². The number of hydrogen-bond acceptors (Lipinski definition) is 3. The van der Waals surface area contributed by atoms with Gasteiger partial charge in [-0.15, -0.1) is 0 Å². The third kappa shape index (κ3) is 2.96. The molecule has 2 N–H and O–H groups in total. The zero-order chi connectivity index (χ0) is 13.9. The molecule has 1 amide bonds. The normalized spacial score (nSPS) is 25.2. The van der Waals surface area contributed by atoms with E-state index in [-0.39, 0.29) is 5.91 Å². The van der Waals surface area contributed by atoms with Crippen LogP contribution in [0.4, 0.5) is 5.69 Å². The minimum atomic E-state index is 0.183. The van der Waals surface area contributed by atoms with Gasteiger partial charge in [0, 0.05) is 37.7 Å². The van der Waals surface area contributed by atoms with Crippen molar-refractivity contribution in [2.75, 3.05) is 38.5 Å². The molecule has 0 saturated carbocycles. The SMILES string of the molecule is CN1CCC(CNC(=O)CC2CNc3ccccc32)C1. The van der Waals surface area contributed by atoms with Crippen LogP contribution in [0.25, 0.3) is 0 Å². The molecule has 0 spiro atoms. The Morgan fingerprint density at radius 3 is 3.10 bits per heavy atom. The molecule has 2 aliphatic heterocycles. The summed E-state index contributed by atoms with van der Waals surface area (Å²) in [6.45, 7) is 3.96. The molecule has 1 aromatic rings. The van der Waals surface area contributed by atoms with E-state index in [1.54, 1.807) is 0 Å². The second-order valence-corrected chi connectivity index (χ2v) is 6.09. The number of anilines is 1. The fraction of sp³-hybridized carbons (Fsp3) is 0.562. The second-order valence-electron chi connectivity index (χ2n) is 6.09. The van der Waals surface area contributed by atoms with Crippen molar-refractivity contribution in [1.82, 2.24) is 10.2 Å². The quantitative estimate of drug-likeness (QED) is 0.877. The van der Waals surface area contributed by atoms with Gasteiger partial charge in [0.05, 0.1) is 0 Å². The lowest BCUT2D eigenvalue weighted by molar-refractivity contribution is -0.121. The first kappa shape index (κ1) is 13.4. The Bertz CT molecular complexity index is 488. The predicted molar refractivity (Wildman–Crippen MR) is 80.9 cm³/mol. The fourth-order valence-electron chi connectivity index (χ4n) is 3.29. The molecule has 2 heterocycles. The molecule has 108 valence electrons. The summed E-state index contributed by atoms with van der Waals surface area (Å²) >= 11 is 0. The predicted octanol–water partition coefficient (Wildman–Crippen LogP) is 1.65. The van der Waals surface area contributed by atoms with Crippen molar-refractivity contribution < 1.29 is 4.79 Å². The van der Waals surface area contributed by atoms with Gasteiger partial charge < -0.3 is 15.5 Å². The van der Waals surface area contributed by atoms with Crippen LogP contribution in [0, 0.1) is 5.92 Å². The first-order valence-corrected chi connectivity index (χ1v) is 7.50. The van der Waals surface area contributed by atoms with Crippen molar-refractivity contribution in [2.24, 2.45) is 5.92 Å². The van der Waals surface area contributed by atoms with Crippen LogP contribution in [-0.2, 0) is 4.79 Å². The highest BCUT2D eigenvalue weighted by atomic mass is 16.1. The highest BCUT2D eigenvalue weighted by Gasteiger charge is 2.25. The molecule has 0 aliphatic carbocycles. The van der Waals surface area contributed by atoms with E-state index < -0.39 is 0 Å². The topological polar surface area (TPSA) is 44.4 Å². The van der Waals surface area contributed by atoms with Crippen LogP contribution in [0.1, 0.15) is 24.3 Å². The summed E-state index contributed by atoms with van der Waals surface area (Å²) in [5.74, 6) is 1.12. The monoisotopic (exact) mass is 273 g/mol. The highest BCUT2D eigenvalue weighted by molar-refractivity contribution is 5.78. The first-order chi connectivity index (χ1) is 9.72. The summed E-state index contributed by atoms with van der Waals surface area (Å²) in [4.78, 5) is 14.4. The van der Waals surface area contributed by atoms with E-state index in [0.29, 0.717) is 18.3 Å². The number of likely N-dealkylation sites (tertiary alicyclic amines) is 1. The van der Waals surface area contributed by atoms with E-state index >= 15 is 0 Å². The van der Waals surface area contributed by atoms with Crippen molar-refractivity contribution in [2.45, 2.75) is 18.8 Å². The Morgan fingerprint density at radius 2 is 2.30 bits per heavy atom. The van der Waals surface area contributed by atoms with Crippen LogP contribution in [0.15, 0.2) is 24.3 Å². The maximum atomic E-state index is 12.1. The largest absolute Gasteiger partial charge is 0.384 e. The number of fused-ring (bicyclic) bond motifs is 1. The number of benzene rings is 1. The number of rotatable bonds is 4. The molecule has 2 unspecified atom stereocenters. The average Bonchev–Trinajstić information content (AvgIpc) is 3.04. The van der Waals surface area contributed by atoms with Gasteiger partial charge in [0.25, 0.3) is 0 Å². The Balaban J connectivity index is 1.48. The third-order valence-electron chi connectivity index (χ3n) is 4.45. The van der Waals surface area contributed by atoms with Gasteiger partial charge >= 0.3 is 0 Å². The minimum absolute atomic E-state index is 0.183. The molecule has 2 aliphatic rings. The van der Waals surface area contributed by atoms with Gasteiger partial charge in [-0.05, 0) is 37.6 Å². The van der Waals surface area contributed by atoms with Crippen LogP contribution in [0.5, 0.6) is 0 Å². The Hall–Kier alpha value is -1.55. The third-order valence-corrected chi connectivity index (χ3v) is 4.45. The fourth-order valence-corrected chi connectivity index (χ4v) is 3.29. The van der Waals surface area contributed by atoms with Gasteiger partial charge in [-0.3, -0.25) is 4.79 Å². The molecule has 0 bridgehead atoms. The molecule has 4 heteroatoms. The van der Waals surface area contributed by atoms with E-state index in [4.69, 9.17) is 0 Å². The van der Waals surface area contributed by atoms with E-state index in [1.165, 1.54) is 17.7 Å². The van der Waals surface area contributed by atoms with Crippen LogP contribution in [-0.4, -0.2) is 44.0 Å². The van der Waals surface area contributed by atoms with Gasteiger partial charge in [0.2, 0.25) is 5.91 Å². The van der Waals surface area contributed by atoms with Crippen molar-refractivity contribution in [3.05, 3.63) is 29.8 Å². The lowest BCUT2D eigenvalue weighted by Gasteiger charge is -2.14. The Morgan fingerprint density at radius 1 is 1.45 bits per heavy atom. The van der Waals surface area contributed by atoms with Crippen LogP contribution in [0.3, 0.4) is 0 Å². The molecule has 1 fully saturated rings. The molecular weight excluding hydrogens is 250 g/mol. The van der Waals surface area contributed by atoms with Gasteiger partial charge in [0.15, 0.2) is 0 Å². The summed E-state index contributed by atoms with van der Waals surface area (Å²) in [5, 5.41) is 6.48. The van der Waals surface area contributed by atoms with Crippen molar-refractivity contribution >= 4 is 11.6 Å². The number of nitrogens with one attached hydrogen (secondary N) is 2. The van der Waals surface area contributed by atoms with Crippen molar-refractivity contribution in [1.29, 1.82) is 0 Å². The summed E-state index contributed by atoms with van der Waals surface area (Å²) < 4.78 is 0. The molecule has 2 atom stereocenters. The highest BCUT2D eigenvalue weighted by Crippen LogP contribution is 2.33. The van der Waals surface area contributed by atoms with Crippen LogP contribution in [0.2, 0.25) is 0 Å². The minimum Gasteiger partial charge on any atom is -0.384 e. The zero-order valence-corrected chi connectivity index (χ0v) is 12.1. The van der Waals surface area contributed by atoms with Gasteiger partial charge in [-0.1, -0.05) is 18.2 Å². The van der Waals surface area contributed by atoms with Gasteiger partial charge in [-0.2, -0.15) is 0 Å². The zero-order valence-electron chi connectivity index (χ0n) is 12.1. The standard InChI is InChI=1S/C16H23N3O/c1-19-7-6-12(11-19)9-18-16(20)8-13-10-17-15-5-3-2-4-14(13)15/h2-5,12-13,17H,6-11H2,1H3,(H,18,20). The summed E-state index contributed by atoms with van der Waals surface area (Å²) in [7, 11) is 2.14. The molecule has 4 nitrogen and oxygen atoms in total. The van der Waals surface area contributed by atoms with Crippen LogP contribution < -0.4 is 10.6 Å². The first-order valence-electron chi connectivity index (χ1n) is 7.50. The molecule has 1 saturated heterocycles. The molecule has 1 aromatic carbocycles.